The normalized spacial score (nSPS) is 25.7. The SMILES string of the molecule is N=C(N)N1CCN([C@H]2CC[C@@H](CC(=O)N[C@H]3Cc4cccc(C(=O)O)c4OB3O)CC2)CC1. The first-order chi connectivity index (χ1) is 15.8. The molecule has 2 fully saturated rings. The van der Waals surface area contributed by atoms with Crippen molar-refractivity contribution in [1.82, 2.24) is 15.1 Å². The van der Waals surface area contributed by atoms with E-state index in [1.54, 1.807) is 12.1 Å². The van der Waals surface area contributed by atoms with E-state index in [1.165, 1.54) is 6.07 Å². The molecule has 1 aromatic carbocycles. The van der Waals surface area contributed by atoms with Crippen LogP contribution < -0.4 is 15.7 Å². The number of fused-ring (bicyclic) bond motifs is 1. The van der Waals surface area contributed by atoms with Crippen LogP contribution >= 0.6 is 0 Å². The van der Waals surface area contributed by atoms with Gasteiger partial charge < -0.3 is 30.7 Å². The summed E-state index contributed by atoms with van der Waals surface area (Å²) in [5.41, 5.74) is 6.25. The predicted octanol–water partition coefficient (Wildman–Crippen LogP) is 0.284. The number of aromatic carboxylic acids is 1. The van der Waals surface area contributed by atoms with Gasteiger partial charge in [0.15, 0.2) is 5.96 Å². The topological polar surface area (TPSA) is 152 Å². The molecule has 0 spiro atoms. The van der Waals surface area contributed by atoms with E-state index in [9.17, 15) is 19.7 Å². The van der Waals surface area contributed by atoms with Crippen molar-refractivity contribution in [2.24, 2.45) is 11.7 Å². The first-order valence-corrected chi connectivity index (χ1v) is 11.6. The van der Waals surface area contributed by atoms with Crippen molar-refractivity contribution in [1.29, 1.82) is 5.41 Å². The number of carboxylic acid groups (broad SMARTS) is 1. The van der Waals surface area contributed by atoms with E-state index >= 15 is 0 Å². The van der Waals surface area contributed by atoms with Gasteiger partial charge in [-0.2, -0.15) is 0 Å². The number of guanidine groups is 1. The summed E-state index contributed by atoms with van der Waals surface area (Å²) in [7, 11) is -1.29. The Morgan fingerprint density at radius 1 is 1.18 bits per heavy atom. The standard InChI is InChI=1S/C22H32BN5O5/c24-22(25)28-10-8-27(9-11-28)16-6-4-14(5-7-16)12-19(29)26-18-13-15-2-1-3-17(21(30)31)20(15)33-23(18)32/h1-3,14,16,18,32H,4-13H2,(H3,24,25)(H,26,29)(H,30,31)/t14-,16+,18-/m0/s1. The van der Waals surface area contributed by atoms with E-state index < -0.39 is 19.0 Å². The molecule has 1 saturated heterocycles. The highest BCUT2D eigenvalue weighted by molar-refractivity contribution is 6.47. The van der Waals surface area contributed by atoms with E-state index in [0.717, 1.165) is 51.9 Å². The molecule has 178 valence electrons. The maximum Gasteiger partial charge on any atom is 0.547 e. The zero-order valence-electron chi connectivity index (χ0n) is 18.7. The maximum absolute atomic E-state index is 12.7. The third kappa shape index (κ3) is 5.41. The molecule has 11 heteroatoms. The summed E-state index contributed by atoms with van der Waals surface area (Å²) in [5, 5.41) is 30.1. The minimum absolute atomic E-state index is 0.00999. The van der Waals surface area contributed by atoms with Crippen molar-refractivity contribution < 1.29 is 24.4 Å². The number of nitrogens with two attached hydrogens (primary N) is 1. The van der Waals surface area contributed by atoms with Crippen molar-refractivity contribution >= 4 is 25.0 Å². The van der Waals surface area contributed by atoms with Crippen LogP contribution in [0.25, 0.3) is 0 Å². The lowest BCUT2D eigenvalue weighted by atomic mass is 9.72. The Bertz CT molecular complexity index is 899. The number of nitrogens with zero attached hydrogens (tertiary/aromatic N) is 2. The van der Waals surface area contributed by atoms with Gasteiger partial charge in [-0.25, -0.2) is 4.79 Å². The number of carbonyl (C=O) groups excluding carboxylic acids is 1. The number of piperazine rings is 1. The number of benzene rings is 1. The van der Waals surface area contributed by atoms with Gasteiger partial charge in [0, 0.05) is 38.6 Å². The van der Waals surface area contributed by atoms with Gasteiger partial charge in [-0.3, -0.25) is 15.1 Å². The molecule has 33 heavy (non-hydrogen) atoms. The number of carbonyl (C=O) groups is 2. The lowest BCUT2D eigenvalue weighted by Crippen LogP contribution is -2.54. The molecule has 1 atom stereocenters. The van der Waals surface area contributed by atoms with Gasteiger partial charge in [0.25, 0.3) is 0 Å². The third-order valence-corrected chi connectivity index (χ3v) is 7.16. The van der Waals surface area contributed by atoms with Crippen molar-refractivity contribution in [3.8, 4) is 5.75 Å². The second kappa shape index (κ2) is 10.0. The van der Waals surface area contributed by atoms with Gasteiger partial charge in [-0.1, -0.05) is 12.1 Å². The van der Waals surface area contributed by atoms with Gasteiger partial charge >= 0.3 is 13.1 Å². The van der Waals surface area contributed by atoms with Crippen LogP contribution in [-0.4, -0.2) is 83.0 Å². The average molecular weight is 457 g/mol. The van der Waals surface area contributed by atoms with Gasteiger partial charge in [0.05, 0.1) is 11.5 Å². The highest BCUT2D eigenvalue weighted by atomic mass is 16.5. The van der Waals surface area contributed by atoms with Crippen molar-refractivity contribution in [2.45, 2.75) is 50.5 Å². The molecule has 6 N–H and O–H groups in total. The molecule has 2 heterocycles. The number of rotatable bonds is 5. The zero-order chi connectivity index (χ0) is 23.5. The van der Waals surface area contributed by atoms with Gasteiger partial charge in [-0.05, 0) is 49.7 Å². The Hall–Kier alpha value is -2.79. The third-order valence-electron chi connectivity index (χ3n) is 7.16. The minimum Gasteiger partial charge on any atom is -0.534 e. The van der Waals surface area contributed by atoms with Crippen LogP contribution in [-0.2, 0) is 11.2 Å². The minimum atomic E-state index is -1.29. The second-order valence-corrected chi connectivity index (χ2v) is 9.27. The van der Waals surface area contributed by atoms with Crippen molar-refractivity contribution in [2.75, 3.05) is 26.2 Å². The molecule has 0 radical (unpaired) electrons. The summed E-state index contributed by atoms with van der Waals surface area (Å²) in [4.78, 5) is 28.4. The lowest BCUT2D eigenvalue weighted by molar-refractivity contribution is -0.122. The van der Waals surface area contributed by atoms with Crippen molar-refractivity contribution in [3.63, 3.8) is 0 Å². The van der Waals surface area contributed by atoms with E-state index in [-0.39, 0.29) is 23.2 Å². The van der Waals surface area contributed by atoms with E-state index in [0.29, 0.717) is 30.4 Å². The van der Waals surface area contributed by atoms with E-state index in [4.69, 9.17) is 15.8 Å². The number of nitrogens with one attached hydrogen (secondary N) is 2. The summed E-state index contributed by atoms with van der Waals surface area (Å²) in [6.45, 7) is 3.42. The Kier molecular flexibility index (Phi) is 7.09. The van der Waals surface area contributed by atoms with E-state index in [1.807, 2.05) is 4.90 Å². The highest BCUT2D eigenvalue weighted by Gasteiger charge is 2.38. The largest absolute Gasteiger partial charge is 0.547 e. The Labute approximate surface area is 193 Å². The Morgan fingerprint density at radius 2 is 1.88 bits per heavy atom. The summed E-state index contributed by atoms with van der Waals surface area (Å²) in [6.07, 6.45) is 4.81. The van der Waals surface area contributed by atoms with Crippen LogP contribution in [0.2, 0.25) is 0 Å². The van der Waals surface area contributed by atoms with Gasteiger partial charge in [0.1, 0.15) is 5.75 Å². The molecule has 1 saturated carbocycles. The average Bonchev–Trinajstić information content (AvgIpc) is 2.79. The van der Waals surface area contributed by atoms with Crippen LogP contribution in [0, 0.1) is 11.3 Å². The van der Waals surface area contributed by atoms with Gasteiger partial charge in [-0.15, -0.1) is 0 Å². The summed E-state index contributed by atoms with van der Waals surface area (Å²) in [6, 6.07) is 5.35. The van der Waals surface area contributed by atoms with Crippen LogP contribution in [0.1, 0.15) is 48.0 Å². The van der Waals surface area contributed by atoms with Gasteiger partial charge in [0.2, 0.25) is 5.91 Å². The second-order valence-electron chi connectivity index (χ2n) is 9.27. The van der Waals surface area contributed by atoms with E-state index in [2.05, 4.69) is 10.2 Å². The molecule has 3 aliphatic rings. The van der Waals surface area contributed by atoms with Crippen LogP contribution in [0.3, 0.4) is 0 Å². The fraction of sp³-hybridized carbons (Fsp3) is 0.591. The number of amides is 1. The summed E-state index contributed by atoms with van der Waals surface area (Å²) in [5.74, 6) is -1.21. The first kappa shape index (κ1) is 23.4. The molecule has 4 rings (SSSR count). The maximum atomic E-state index is 12.7. The molecule has 0 unspecified atom stereocenters. The molecule has 1 amide bonds. The highest BCUT2D eigenvalue weighted by Crippen LogP contribution is 2.32. The fourth-order valence-electron chi connectivity index (χ4n) is 5.29. The summed E-state index contributed by atoms with van der Waals surface area (Å²) < 4.78 is 5.46. The van der Waals surface area contributed by atoms with Crippen LogP contribution in [0.4, 0.5) is 0 Å². The molecule has 0 bridgehead atoms. The molecule has 1 aromatic rings. The molecule has 1 aliphatic carbocycles. The Balaban J connectivity index is 1.24. The molecule has 2 aliphatic heterocycles. The molecular formula is C22H32BN5O5. The quantitative estimate of drug-likeness (QED) is 0.240. The molecule has 10 nitrogen and oxygen atoms in total. The number of para-hydroxylation sites is 1. The summed E-state index contributed by atoms with van der Waals surface area (Å²) >= 11 is 0. The smallest absolute Gasteiger partial charge is 0.534 e. The number of hydrogen-bond donors (Lipinski definition) is 5. The fourth-order valence-corrected chi connectivity index (χ4v) is 5.29. The lowest BCUT2D eigenvalue weighted by Gasteiger charge is -2.42. The predicted molar refractivity (Wildman–Crippen MR) is 123 cm³/mol. The molecular weight excluding hydrogens is 425 g/mol. The number of carboxylic acids is 1. The first-order valence-electron chi connectivity index (χ1n) is 11.6. The van der Waals surface area contributed by atoms with Crippen LogP contribution in [0.5, 0.6) is 5.75 Å². The van der Waals surface area contributed by atoms with Crippen molar-refractivity contribution in [3.05, 3.63) is 29.3 Å². The Morgan fingerprint density at radius 3 is 2.52 bits per heavy atom. The van der Waals surface area contributed by atoms with Crippen LogP contribution in [0.15, 0.2) is 18.2 Å². The number of hydrogen-bond acceptors (Lipinski definition) is 6. The molecule has 0 aromatic heterocycles. The zero-order valence-corrected chi connectivity index (χ0v) is 18.7. The monoisotopic (exact) mass is 457 g/mol.